The van der Waals surface area contributed by atoms with Crippen LogP contribution in [0.25, 0.3) is 0 Å². The lowest BCUT2D eigenvalue weighted by atomic mass is 10.2. The number of halogens is 3. The second kappa shape index (κ2) is 8.41. The maximum Gasteiger partial charge on any atom is 0.490 e. The first-order chi connectivity index (χ1) is 11.8. The lowest BCUT2D eigenvalue weighted by molar-refractivity contribution is -0.192. The van der Waals surface area contributed by atoms with Crippen LogP contribution in [0.5, 0.6) is 0 Å². The molecule has 138 valence electrons. The van der Waals surface area contributed by atoms with Crippen LogP contribution in [0.3, 0.4) is 0 Å². The zero-order valence-corrected chi connectivity index (χ0v) is 14.2. The second-order valence-electron chi connectivity index (χ2n) is 5.26. The summed E-state index contributed by atoms with van der Waals surface area (Å²) in [7, 11) is 1.69. The fourth-order valence-corrected chi connectivity index (χ4v) is 2.94. The van der Waals surface area contributed by atoms with E-state index in [9.17, 15) is 13.2 Å². The monoisotopic (exact) mass is 378 g/mol. The summed E-state index contributed by atoms with van der Waals surface area (Å²) in [6, 6.07) is 2.18. The smallest absolute Gasteiger partial charge is 0.475 e. The summed E-state index contributed by atoms with van der Waals surface area (Å²) in [4.78, 5) is 11.3. The van der Waals surface area contributed by atoms with Crippen LogP contribution in [0.4, 0.5) is 13.2 Å². The molecule has 1 aliphatic heterocycles. The first-order valence-electron chi connectivity index (χ1n) is 7.24. The van der Waals surface area contributed by atoms with E-state index in [1.54, 1.807) is 18.4 Å². The van der Waals surface area contributed by atoms with Crippen LogP contribution >= 0.6 is 11.3 Å². The molecule has 0 amide bonds. The van der Waals surface area contributed by atoms with Gasteiger partial charge < -0.3 is 14.4 Å². The number of nitrogens with zero attached hydrogens (tertiary/aromatic N) is 4. The van der Waals surface area contributed by atoms with E-state index in [-0.39, 0.29) is 0 Å². The van der Waals surface area contributed by atoms with E-state index in [1.807, 2.05) is 0 Å². The van der Waals surface area contributed by atoms with Crippen molar-refractivity contribution < 1.29 is 27.8 Å². The molecule has 7 nitrogen and oxygen atoms in total. The summed E-state index contributed by atoms with van der Waals surface area (Å²) in [6.45, 7) is 4.39. The predicted molar refractivity (Wildman–Crippen MR) is 82.9 cm³/mol. The Morgan fingerprint density at radius 3 is 2.68 bits per heavy atom. The third-order valence-electron chi connectivity index (χ3n) is 3.41. The molecule has 0 fully saturated rings. The van der Waals surface area contributed by atoms with Crippen molar-refractivity contribution in [1.82, 2.24) is 19.7 Å². The number of carbonyl (C=O) groups is 1. The highest BCUT2D eigenvalue weighted by Gasteiger charge is 2.38. The van der Waals surface area contributed by atoms with Crippen molar-refractivity contribution in [2.24, 2.45) is 0 Å². The van der Waals surface area contributed by atoms with Gasteiger partial charge in [0.15, 0.2) is 5.82 Å². The second-order valence-corrected chi connectivity index (χ2v) is 6.04. The van der Waals surface area contributed by atoms with Crippen molar-refractivity contribution in [2.45, 2.75) is 32.4 Å². The molecule has 0 spiro atoms. The van der Waals surface area contributed by atoms with Gasteiger partial charge in [0.2, 0.25) is 0 Å². The number of thiophene rings is 1. The van der Waals surface area contributed by atoms with E-state index in [2.05, 4.69) is 36.5 Å². The molecule has 1 N–H and O–H groups in total. The Hall–Kier alpha value is -1.98. The van der Waals surface area contributed by atoms with Crippen LogP contribution in [0, 0.1) is 0 Å². The van der Waals surface area contributed by atoms with Crippen molar-refractivity contribution in [3.63, 3.8) is 0 Å². The van der Waals surface area contributed by atoms with Gasteiger partial charge in [-0.1, -0.05) is 0 Å². The van der Waals surface area contributed by atoms with Crippen molar-refractivity contribution in [2.75, 3.05) is 13.7 Å². The predicted octanol–water partition coefficient (Wildman–Crippen LogP) is 2.14. The van der Waals surface area contributed by atoms with Crippen LogP contribution in [-0.4, -0.2) is 50.6 Å². The molecule has 0 saturated carbocycles. The molecule has 3 rings (SSSR count). The van der Waals surface area contributed by atoms with Crippen LogP contribution in [0.1, 0.15) is 17.2 Å². The lowest BCUT2D eigenvalue weighted by Gasteiger charge is -2.27. The Balaban J connectivity index is 0.000000277. The Kier molecular flexibility index (Phi) is 6.51. The Morgan fingerprint density at radius 2 is 2.12 bits per heavy atom. The minimum absolute atomic E-state index is 0.539. The lowest BCUT2D eigenvalue weighted by Crippen LogP contribution is -2.33. The largest absolute Gasteiger partial charge is 0.490 e. The topological polar surface area (TPSA) is 80.5 Å². The van der Waals surface area contributed by atoms with Gasteiger partial charge in [-0.2, -0.15) is 24.5 Å². The molecule has 0 atom stereocenters. The number of rotatable bonds is 4. The molecule has 0 bridgehead atoms. The van der Waals surface area contributed by atoms with Gasteiger partial charge in [0.05, 0.1) is 6.54 Å². The van der Waals surface area contributed by atoms with Gasteiger partial charge in [-0.05, 0) is 22.4 Å². The molecule has 0 aromatic carbocycles. The van der Waals surface area contributed by atoms with Gasteiger partial charge in [-0.25, -0.2) is 4.79 Å². The van der Waals surface area contributed by atoms with E-state index in [4.69, 9.17) is 14.6 Å². The Labute approximate surface area is 145 Å². The van der Waals surface area contributed by atoms with E-state index in [1.165, 1.54) is 5.56 Å². The summed E-state index contributed by atoms with van der Waals surface area (Å²) >= 11 is 1.75. The number of carboxylic acids is 1. The first-order valence-corrected chi connectivity index (χ1v) is 8.19. The van der Waals surface area contributed by atoms with Crippen molar-refractivity contribution >= 4 is 17.3 Å². The average molecular weight is 378 g/mol. The molecule has 11 heteroatoms. The summed E-state index contributed by atoms with van der Waals surface area (Å²) in [5.41, 5.74) is 1.38. The summed E-state index contributed by atoms with van der Waals surface area (Å²) in [5, 5.41) is 19.9. The minimum Gasteiger partial charge on any atom is -0.475 e. The minimum atomic E-state index is -5.08. The molecule has 0 aliphatic carbocycles. The van der Waals surface area contributed by atoms with Gasteiger partial charge in [-0.3, -0.25) is 4.90 Å². The fraction of sp³-hybridized carbons (Fsp3) is 0.500. The molecule has 1 aliphatic rings. The number of methoxy groups -OCH3 is 1. The fourth-order valence-electron chi connectivity index (χ4n) is 2.28. The molecule has 2 aromatic heterocycles. The highest BCUT2D eigenvalue weighted by Crippen LogP contribution is 2.17. The highest BCUT2D eigenvalue weighted by molar-refractivity contribution is 7.07. The summed E-state index contributed by atoms with van der Waals surface area (Å²) < 4.78 is 39.0. The van der Waals surface area contributed by atoms with Crippen LogP contribution < -0.4 is 0 Å². The number of ether oxygens (including phenoxy) is 1. The molecule has 0 saturated heterocycles. The maximum absolute atomic E-state index is 10.6. The van der Waals surface area contributed by atoms with E-state index >= 15 is 0 Å². The SMILES string of the molecule is COCc1nnc2n1CCN(Cc1ccsc1)C2.O=C(O)C(F)(F)F. The van der Waals surface area contributed by atoms with E-state index in [0.717, 1.165) is 37.8 Å². The van der Waals surface area contributed by atoms with E-state index < -0.39 is 12.1 Å². The van der Waals surface area contributed by atoms with Crippen molar-refractivity contribution in [3.8, 4) is 0 Å². The molecular weight excluding hydrogens is 361 g/mol. The normalized spacial score (nSPS) is 14.6. The highest BCUT2D eigenvalue weighted by atomic mass is 32.1. The molecule has 0 unspecified atom stereocenters. The number of hydrogen-bond acceptors (Lipinski definition) is 6. The molecular formula is C14H17F3N4O3S. The maximum atomic E-state index is 10.6. The zero-order chi connectivity index (χ0) is 18.4. The number of alkyl halides is 3. The third kappa shape index (κ3) is 5.51. The first kappa shape index (κ1) is 19.3. The van der Waals surface area contributed by atoms with Crippen LogP contribution in [0.2, 0.25) is 0 Å². The summed E-state index contributed by atoms with van der Waals surface area (Å²) in [5.74, 6) is -0.779. The Morgan fingerprint density at radius 1 is 1.40 bits per heavy atom. The Bertz CT molecular complexity index is 688. The zero-order valence-electron chi connectivity index (χ0n) is 13.4. The quantitative estimate of drug-likeness (QED) is 0.878. The number of carboxylic acid groups (broad SMARTS) is 1. The number of aromatic nitrogens is 3. The standard InChI is InChI=1S/C12H16N4OS.C2HF3O2/c1-17-8-12-14-13-11-7-15(3-4-16(11)12)6-10-2-5-18-9-10;3-2(4,5)1(6)7/h2,5,9H,3-4,6-8H2,1H3;(H,6,7). The number of aliphatic carboxylic acids is 1. The molecule has 2 aromatic rings. The van der Waals surface area contributed by atoms with Crippen LogP contribution in [-0.2, 0) is 35.8 Å². The van der Waals surface area contributed by atoms with Crippen molar-refractivity contribution in [3.05, 3.63) is 34.0 Å². The van der Waals surface area contributed by atoms with Crippen LogP contribution in [0.15, 0.2) is 16.8 Å². The number of fused-ring (bicyclic) bond motifs is 1. The van der Waals surface area contributed by atoms with E-state index in [0.29, 0.717) is 6.61 Å². The summed E-state index contributed by atoms with van der Waals surface area (Å²) in [6.07, 6.45) is -5.08. The van der Waals surface area contributed by atoms with Crippen molar-refractivity contribution in [1.29, 1.82) is 0 Å². The van der Waals surface area contributed by atoms with Gasteiger partial charge in [0, 0.05) is 26.7 Å². The third-order valence-corrected chi connectivity index (χ3v) is 4.14. The van der Waals surface area contributed by atoms with Gasteiger partial charge >= 0.3 is 12.1 Å². The molecule has 25 heavy (non-hydrogen) atoms. The number of hydrogen-bond donors (Lipinski definition) is 1. The molecule has 0 radical (unpaired) electrons. The molecule has 3 heterocycles. The van der Waals surface area contributed by atoms with Gasteiger partial charge in [0.1, 0.15) is 12.4 Å². The van der Waals surface area contributed by atoms with Gasteiger partial charge in [0.25, 0.3) is 0 Å². The average Bonchev–Trinajstić information content (AvgIpc) is 3.17. The van der Waals surface area contributed by atoms with Gasteiger partial charge in [-0.15, -0.1) is 10.2 Å².